The molecule has 1 amide bonds. The highest BCUT2D eigenvalue weighted by Crippen LogP contribution is 2.10. The topological polar surface area (TPSA) is 88.7 Å². The number of nitrogens with two attached hydrogens (primary N) is 1. The molecule has 6 nitrogen and oxygen atoms in total. The molecule has 0 aromatic heterocycles. The molecule has 0 heterocycles. The summed E-state index contributed by atoms with van der Waals surface area (Å²) in [4.78, 5) is 16.0. The number of carbonyl (C=O) groups excluding carboxylic acids is 1. The van der Waals surface area contributed by atoms with Gasteiger partial charge in [-0.3, -0.25) is 9.79 Å². The Hall–Kier alpha value is -1.60. The van der Waals surface area contributed by atoms with Crippen molar-refractivity contribution in [2.24, 2.45) is 10.7 Å². The number of rotatable bonds is 9. The fourth-order valence-electron chi connectivity index (χ4n) is 1.64. The lowest BCUT2D eigenvalue weighted by atomic mass is 10.2. The van der Waals surface area contributed by atoms with Gasteiger partial charge in [0.1, 0.15) is 0 Å². The largest absolute Gasteiger partial charge is 0.382 e. The number of halogens is 1. The van der Waals surface area contributed by atoms with E-state index >= 15 is 0 Å². The maximum atomic E-state index is 11.8. The van der Waals surface area contributed by atoms with Crippen molar-refractivity contribution in [2.75, 3.05) is 32.8 Å². The second-order valence-electron chi connectivity index (χ2n) is 4.51. The maximum Gasteiger partial charge on any atom is 0.251 e. The first-order chi connectivity index (χ1) is 10.6. The summed E-state index contributed by atoms with van der Waals surface area (Å²) in [6.07, 6.45) is 0.844. The summed E-state index contributed by atoms with van der Waals surface area (Å²) in [5.41, 5.74) is 6.34. The lowest BCUT2D eigenvalue weighted by Gasteiger charge is -2.08. The second kappa shape index (κ2) is 11.0. The van der Waals surface area contributed by atoms with Crippen LogP contribution in [0.15, 0.2) is 33.7 Å². The van der Waals surface area contributed by atoms with E-state index in [1.54, 1.807) is 12.1 Å². The van der Waals surface area contributed by atoms with Gasteiger partial charge >= 0.3 is 0 Å². The van der Waals surface area contributed by atoms with E-state index in [0.29, 0.717) is 37.8 Å². The van der Waals surface area contributed by atoms with Gasteiger partial charge in [-0.25, -0.2) is 0 Å². The lowest BCUT2D eigenvalue weighted by molar-refractivity contribution is 0.0954. The fraction of sp³-hybridized carbons (Fsp3) is 0.467. The van der Waals surface area contributed by atoms with Crippen LogP contribution in [0.1, 0.15) is 23.7 Å². The summed E-state index contributed by atoms with van der Waals surface area (Å²) in [5.74, 6) is 0.274. The Morgan fingerprint density at radius 3 is 2.64 bits per heavy atom. The number of hydrogen-bond acceptors (Lipinski definition) is 3. The van der Waals surface area contributed by atoms with Gasteiger partial charge in [0.15, 0.2) is 5.96 Å². The van der Waals surface area contributed by atoms with Crippen molar-refractivity contribution in [2.45, 2.75) is 13.3 Å². The van der Waals surface area contributed by atoms with Gasteiger partial charge < -0.3 is 21.1 Å². The number of benzene rings is 1. The monoisotopic (exact) mass is 370 g/mol. The third-order valence-electron chi connectivity index (χ3n) is 2.76. The molecule has 0 radical (unpaired) electrons. The summed E-state index contributed by atoms with van der Waals surface area (Å²) in [6, 6.07) is 7.20. The highest BCUT2D eigenvalue weighted by molar-refractivity contribution is 9.10. The summed E-state index contributed by atoms with van der Waals surface area (Å²) >= 11 is 3.33. The molecule has 0 bridgehead atoms. The Morgan fingerprint density at radius 1 is 1.27 bits per heavy atom. The Kier molecular flexibility index (Phi) is 9.25. The summed E-state index contributed by atoms with van der Waals surface area (Å²) in [7, 11) is 0. The average Bonchev–Trinajstić information content (AvgIpc) is 2.52. The Balaban J connectivity index is 2.15. The number of hydrogen-bond donors (Lipinski definition) is 3. The van der Waals surface area contributed by atoms with Gasteiger partial charge in [-0.05, 0) is 37.6 Å². The van der Waals surface area contributed by atoms with E-state index in [9.17, 15) is 4.79 Å². The molecule has 0 unspecified atom stereocenters. The first-order valence-corrected chi connectivity index (χ1v) is 8.08. The highest BCUT2D eigenvalue weighted by atomic mass is 79.9. The van der Waals surface area contributed by atoms with Crippen molar-refractivity contribution in [1.82, 2.24) is 10.6 Å². The Morgan fingerprint density at radius 2 is 1.95 bits per heavy atom. The number of amides is 1. The van der Waals surface area contributed by atoms with Gasteiger partial charge in [0, 0.05) is 42.9 Å². The molecule has 0 atom stereocenters. The number of nitrogens with zero attached hydrogens (tertiary/aromatic N) is 1. The smallest absolute Gasteiger partial charge is 0.251 e. The van der Waals surface area contributed by atoms with Crippen LogP contribution in [0.25, 0.3) is 0 Å². The molecule has 1 aromatic carbocycles. The molecule has 0 fully saturated rings. The number of guanidine groups is 1. The van der Waals surface area contributed by atoms with Gasteiger partial charge in [-0.2, -0.15) is 0 Å². The second-order valence-corrected chi connectivity index (χ2v) is 5.42. The van der Waals surface area contributed by atoms with Crippen LogP contribution in [0.3, 0.4) is 0 Å². The molecule has 4 N–H and O–H groups in total. The molecular formula is C15H23BrN4O2. The van der Waals surface area contributed by atoms with Gasteiger partial charge in [0.05, 0.1) is 0 Å². The predicted molar refractivity (Wildman–Crippen MR) is 92.1 cm³/mol. The van der Waals surface area contributed by atoms with Crippen LogP contribution < -0.4 is 16.4 Å². The Labute approximate surface area is 139 Å². The summed E-state index contributed by atoms with van der Waals surface area (Å²) in [6.45, 7) is 5.00. The van der Waals surface area contributed by atoms with Crippen LogP contribution >= 0.6 is 15.9 Å². The molecule has 1 rings (SSSR count). The number of ether oxygens (including phenoxy) is 1. The molecule has 0 spiro atoms. The van der Waals surface area contributed by atoms with E-state index in [4.69, 9.17) is 10.5 Å². The van der Waals surface area contributed by atoms with Crippen LogP contribution in [0.5, 0.6) is 0 Å². The standard InChI is InChI=1S/C15H23BrN4O2/c1-2-22-11-3-8-19-15(17)20-10-9-18-14(21)12-4-6-13(16)7-5-12/h4-7H,2-3,8-11H2,1H3,(H,18,21)(H3,17,19,20). The fourth-order valence-corrected chi connectivity index (χ4v) is 1.90. The first kappa shape index (κ1) is 18.4. The summed E-state index contributed by atoms with van der Waals surface area (Å²) < 4.78 is 6.15. The van der Waals surface area contributed by atoms with Crippen molar-refractivity contribution < 1.29 is 9.53 Å². The molecule has 1 aromatic rings. The van der Waals surface area contributed by atoms with E-state index in [1.165, 1.54) is 0 Å². The average molecular weight is 371 g/mol. The lowest BCUT2D eigenvalue weighted by Crippen LogP contribution is -2.38. The van der Waals surface area contributed by atoms with Crippen LogP contribution in [-0.2, 0) is 4.74 Å². The normalized spacial score (nSPS) is 11.3. The van der Waals surface area contributed by atoms with Crippen molar-refractivity contribution in [3.05, 3.63) is 34.3 Å². The molecule has 122 valence electrons. The van der Waals surface area contributed by atoms with Gasteiger partial charge in [0.25, 0.3) is 5.91 Å². The Bertz CT molecular complexity index is 477. The van der Waals surface area contributed by atoms with E-state index in [2.05, 4.69) is 31.6 Å². The van der Waals surface area contributed by atoms with E-state index in [1.807, 2.05) is 19.1 Å². The highest BCUT2D eigenvalue weighted by Gasteiger charge is 2.03. The molecule has 0 aliphatic heterocycles. The van der Waals surface area contributed by atoms with E-state index in [-0.39, 0.29) is 5.91 Å². The van der Waals surface area contributed by atoms with Gasteiger partial charge in [-0.15, -0.1) is 0 Å². The SMILES string of the molecule is CCOCCCN=C(N)NCCNC(=O)c1ccc(Br)cc1. The molecule has 0 saturated heterocycles. The zero-order valence-corrected chi connectivity index (χ0v) is 14.4. The van der Waals surface area contributed by atoms with Gasteiger partial charge in [0.2, 0.25) is 0 Å². The minimum Gasteiger partial charge on any atom is -0.382 e. The maximum absolute atomic E-state index is 11.8. The predicted octanol–water partition coefficient (Wildman–Crippen LogP) is 1.51. The first-order valence-electron chi connectivity index (χ1n) is 7.28. The van der Waals surface area contributed by atoms with Crippen LogP contribution in [0.2, 0.25) is 0 Å². The zero-order chi connectivity index (χ0) is 16.2. The minimum absolute atomic E-state index is 0.110. The molecule has 0 aliphatic rings. The van der Waals surface area contributed by atoms with Crippen LogP contribution in [0, 0.1) is 0 Å². The molecular weight excluding hydrogens is 348 g/mol. The third kappa shape index (κ3) is 7.99. The van der Waals surface area contributed by atoms with Crippen molar-refractivity contribution in [1.29, 1.82) is 0 Å². The minimum atomic E-state index is -0.110. The summed E-state index contributed by atoms with van der Waals surface area (Å²) in [5, 5.41) is 5.76. The van der Waals surface area contributed by atoms with Crippen molar-refractivity contribution >= 4 is 27.8 Å². The molecule has 0 saturated carbocycles. The van der Waals surface area contributed by atoms with Crippen molar-refractivity contribution in [3.8, 4) is 0 Å². The quantitative estimate of drug-likeness (QED) is 0.349. The van der Waals surface area contributed by atoms with E-state index in [0.717, 1.165) is 17.5 Å². The van der Waals surface area contributed by atoms with Crippen LogP contribution in [0.4, 0.5) is 0 Å². The third-order valence-corrected chi connectivity index (χ3v) is 3.28. The number of nitrogens with one attached hydrogen (secondary N) is 2. The molecule has 7 heteroatoms. The number of aliphatic imine (C=N–C) groups is 1. The van der Waals surface area contributed by atoms with E-state index < -0.39 is 0 Å². The number of carbonyl (C=O) groups is 1. The molecule has 0 aliphatic carbocycles. The molecule has 22 heavy (non-hydrogen) atoms. The van der Waals surface area contributed by atoms with Gasteiger partial charge in [-0.1, -0.05) is 15.9 Å². The van der Waals surface area contributed by atoms with Crippen molar-refractivity contribution in [3.63, 3.8) is 0 Å². The zero-order valence-electron chi connectivity index (χ0n) is 12.8. The van der Waals surface area contributed by atoms with Crippen LogP contribution in [-0.4, -0.2) is 44.7 Å².